The largest absolute Gasteiger partial charge is 0.381 e. The molecule has 2 aliphatic heterocycles. The van der Waals surface area contributed by atoms with Crippen molar-refractivity contribution in [3.05, 3.63) is 35.6 Å². The van der Waals surface area contributed by atoms with Crippen LogP contribution in [0.4, 0.5) is 4.39 Å². The van der Waals surface area contributed by atoms with Gasteiger partial charge in [-0.05, 0) is 70.3 Å². The first-order valence-electron chi connectivity index (χ1n) is 11.1. The summed E-state index contributed by atoms with van der Waals surface area (Å²) in [6.45, 7) is 9.28. The summed E-state index contributed by atoms with van der Waals surface area (Å²) < 4.78 is 46.6. The van der Waals surface area contributed by atoms with Crippen molar-refractivity contribution in [2.24, 2.45) is 0 Å². The van der Waals surface area contributed by atoms with Crippen LogP contribution in [0.2, 0.25) is 0 Å². The molecule has 0 aromatic heterocycles. The van der Waals surface area contributed by atoms with E-state index in [1.54, 1.807) is 6.07 Å². The second kappa shape index (κ2) is 11.0. The molecule has 1 N–H and O–H groups in total. The number of benzene rings is 1. The Kier molecular flexibility index (Phi) is 8.65. The molecule has 0 bridgehead atoms. The number of halogens is 1. The van der Waals surface area contributed by atoms with Crippen LogP contribution < -0.4 is 4.72 Å². The number of nitrogens with zero attached hydrogens (tertiary/aromatic N) is 2. The van der Waals surface area contributed by atoms with Crippen molar-refractivity contribution in [1.29, 1.82) is 0 Å². The molecule has 1 aromatic rings. The van der Waals surface area contributed by atoms with Gasteiger partial charge in [-0.25, -0.2) is 17.5 Å². The number of nitrogens with one attached hydrogen (secondary N) is 1. The molecule has 2 fully saturated rings. The number of piperidine rings is 1. The van der Waals surface area contributed by atoms with Crippen LogP contribution in [0.1, 0.15) is 45.1 Å². The van der Waals surface area contributed by atoms with Gasteiger partial charge in [0.25, 0.3) is 0 Å². The fourth-order valence-electron chi connectivity index (χ4n) is 4.64. The van der Waals surface area contributed by atoms with E-state index in [2.05, 4.69) is 28.4 Å². The van der Waals surface area contributed by atoms with Crippen LogP contribution in [-0.4, -0.2) is 75.7 Å². The Balaban J connectivity index is 1.56. The van der Waals surface area contributed by atoms with Crippen molar-refractivity contribution in [1.82, 2.24) is 14.5 Å². The van der Waals surface area contributed by atoms with Gasteiger partial charge in [-0.1, -0.05) is 12.1 Å². The first kappa shape index (κ1) is 23.6. The van der Waals surface area contributed by atoms with E-state index in [1.165, 1.54) is 18.2 Å². The molecule has 8 heteroatoms. The summed E-state index contributed by atoms with van der Waals surface area (Å²) in [5.74, 6) is -0.615. The van der Waals surface area contributed by atoms with Crippen molar-refractivity contribution < 1.29 is 17.5 Å². The molecule has 0 unspecified atom stereocenters. The average molecular weight is 442 g/mol. The SMILES string of the molecule is CC(C)N1CCC(N(CCNS(=O)(=O)Cc2cccc(F)c2)C2CCOCC2)CC1. The third-order valence-electron chi connectivity index (χ3n) is 6.30. The number of ether oxygens (including phenoxy) is 1. The minimum atomic E-state index is -3.50. The maximum absolute atomic E-state index is 13.4. The predicted octanol–water partition coefficient (Wildman–Crippen LogP) is 2.60. The smallest absolute Gasteiger partial charge is 0.215 e. The molecular formula is C22H36FN3O3S. The molecule has 6 nitrogen and oxygen atoms in total. The van der Waals surface area contributed by atoms with E-state index in [0.29, 0.717) is 36.8 Å². The fourth-order valence-corrected chi connectivity index (χ4v) is 5.76. The monoisotopic (exact) mass is 441 g/mol. The Morgan fingerprint density at radius 2 is 1.83 bits per heavy atom. The maximum atomic E-state index is 13.4. The van der Waals surface area contributed by atoms with E-state index in [1.807, 2.05) is 0 Å². The molecule has 2 aliphatic rings. The minimum Gasteiger partial charge on any atom is -0.381 e. The van der Waals surface area contributed by atoms with E-state index in [0.717, 1.165) is 52.0 Å². The first-order chi connectivity index (χ1) is 14.3. The molecule has 0 amide bonds. The molecule has 0 radical (unpaired) electrons. The lowest BCUT2D eigenvalue weighted by Gasteiger charge is -2.44. The van der Waals surface area contributed by atoms with Gasteiger partial charge in [-0.2, -0.15) is 0 Å². The molecule has 0 atom stereocenters. The van der Waals surface area contributed by atoms with E-state index in [4.69, 9.17) is 4.74 Å². The zero-order valence-corrected chi connectivity index (χ0v) is 19.0. The van der Waals surface area contributed by atoms with Crippen molar-refractivity contribution in [2.75, 3.05) is 39.4 Å². The quantitative estimate of drug-likeness (QED) is 0.638. The topological polar surface area (TPSA) is 61.9 Å². The lowest BCUT2D eigenvalue weighted by atomic mass is 9.97. The lowest BCUT2D eigenvalue weighted by molar-refractivity contribution is 0.000517. The van der Waals surface area contributed by atoms with Crippen LogP contribution >= 0.6 is 0 Å². The van der Waals surface area contributed by atoms with E-state index < -0.39 is 15.8 Å². The van der Waals surface area contributed by atoms with Crippen LogP contribution in [-0.2, 0) is 20.5 Å². The Labute approximate surface area is 180 Å². The molecule has 30 heavy (non-hydrogen) atoms. The third kappa shape index (κ3) is 6.99. The standard InChI is InChI=1S/C22H36FN3O3S/c1-18(2)25-11-6-21(7-12-25)26(22-8-14-29-15-9-22)13-10-24-30(27,28)17-19-4-3-5-20(23)16-19/h3-5,16,18,21-22,24H,6-15,17H2,1-2H3. The van der Waals surface area contributed by atoms with Crippen molar-refractivity contribution >= 4 is 10.0 Å². The summed E-state index contributed by atoms with van der Waals surface area (Å²) in [5, 5.41) is 0. The number of sulfonamides is 1. The highest BCUT2D eigenvalue weighted by atomic mass is 32.2. The van der Waals surface area contributed by atoms with Gasteiger partial charge in [0, 0.05) is 44.4 Å². The molecular weight excluding hydrogens is 405 g/mol. The lowest BCUT2D eigenvalue weighted by Crippen LogP contribution is -2.53. The number of hydrogen-bond donors (Lipinski definition) is 1. The molecule has 0 saturated carbocycles. The van der Waals surface area contributed by atoms with E-state index >= 15 is 0 Å². The van der Waals surface area contributed by atoms with Gasteiger partial charge >= 0.3 is 0 Å². The summed E-state index contributed by atoms with van der Waals surface area (Å²) in [4.78, 5) is 5.03. The number of hydrogen-bond acceptors (Lipinski definition) is 5. The van der Waals surface area contributed by atoms with E-state index in [9.17, 15) is 12.8 Å². The average Bonchev–Trinajstić information content (AvgIpc) is 2.71. The Morgan fingerprint density at radius 1 is 1.17 bits per heavy atom. The summed E-state index contributed by atoms with van der Waals surface area (Å²) in [7, 11) is -3.50. The molecule has 0 spiro atoms. The van der Waals surface area contributed by atoms with Crippen LogP contribution in [0.15, 0.2) is 24.3 Å². The Hall–Kier alpha value is -1.06. The first-order valence-corrected chi connectivity index (χ1v) is 12.8. The van der Waals surface area contributed by atoms with Crippen molar-refractivity contribution in [3.63, 3.8) is 0 Å². The van der Waals surface area contributed by atoms with Crippen LogP contribution in [0.5, 0.6) is 0 Å². The highest BCUT2D eigenvalue weighted by molar-refractivity contribution is 7.88. The van der Waals surface area contributed by atoms with Crippen LogP contribution in [0.25, 0.3) is 0 Å². The summed E-state index contributed by atoms with van der Waals surface area (Å²) in [6, 6.07) is 7.26. The Bertz CT molecular complexity index is 761. The van der Waals surface area contributed by atoms with Gasteiger partial charge in [0.1, 0.15) is 5.82 Å². The highest BCUT2D eigenvalue weighted by Gasteiger charge is 2.31. The fraction of sp³-hybridized carbons (Fsp3) is 0.727. The number of likely N-dealkylation sites (tertiary alicyclic amines) is 1. The molecule has 2 saturated heterocycles. The van der Waals surface area contributed by atoms with Gasteiger partial charge < -0.3 is 9.64 Å². The highest BCUT2D eigenvalue weighted by Crippen LogP contribution is 2.24. The second-order valence-corrected chi connectivity index (χ2v) is 10.5. The van der Waals surface area contributed by atoms with Crippen molar-refractivity contribution in [2.45, 2.75) is 63.4 Å². The minimum absolute atomic E-state index is 0.200. The molecule has 0 aliphatic carbocycles. The maximum Gasteiger partial charge on any atom is 0.215 e. The Morgan fingerprint density at radius 3 is 2.47 bits per heavy atom. The summed E-state index contributed by atoms with van der Waals surface area (Å²) in [5.41, 5.74) is 0.463. The molecule has 1 aromatic carbocycles. The zero-order valence-electron chi connectivity index (χ0n) is 18.2. The van der Waals surface area contributed by atoms with Gasteiger partial charge in [0.15, 0.2) is 0 Å². The molecule has 3 rings (SSSR count). The van der Waals surface area contributed by atoms with Crippen LogP contribution in [0.3, 0.4) is 0 Å². The summed E-state index contributed by atoms with van der Waals surface area (Å²) in [6.07, 6.45) is 4.23. The van der Waals surface area contributed by atoms with Gasteiger partial charge in [0.2, 0.25) is 10.0 Å². The normalized spacial score (nSPS) is 20.3. The molecule has 2 heterocycles. The molecule has 170 valence electrons. The van der Waals surface area contributed by atoms with Gasteiger partial charge in [-0.15, -0.1) is 0 Å². The van der Waals surface area contributed by atoms with Gasteiger partial charge in [0.05, 0.1) is 5.75 Å². The predicted molar refractivity (Wildman–Crippen MR) is 117 cm³/mol. The second-order valence-electron chi connectivity index (χ2n) is 8.73. The zero-order chi connectivity index (χ0) is 21.6. The van der Waals surface area contributed by atoms with Crippen LogP contribution in [0, 0.1) is 5.82 Å². The van der Waals surface area contributed by atoms with E-state index in [-0.39, 0.29) is 5.75 Å². The third-order valence-corrected chi connectivity index (χ3v) is 7.65. The summed E-state index contributed by atoms with van der Waals surface area (Å²) >= 11 is 0. The van der Waals surface area contributed by atoms with Gasteiger partial charge in [-0.3, -0.25) is 4.90 Å². The van der Waals surface area contributed by atoms with Crippen molar-refractivity contribution in [3.8, 4) is 0 Å². The number of rotatable bonds is 9.